The zero-order valence-electron chi connectivity index (χ0n) is 16.7. The normalized spacial score (nSPS) is 11.1. The molecule has 0 aliphatic rings. The van der Waals surface area contributed by atoms with Crippen LogP contribution in [-0.2, 0) is 9.47 Å². The minimum absolute atomic E-state index is 0.0910. The van der Waals surface area contributed by atoms with E-state index in [-0.39, 0.29) is 22.2 Å². The number of esters is 2. The Morgan fingerprint density at radius 2 is 1.63 bits per heavy atom. The maximum absolute atomic E-state index is 13.4. The molecule has 0 spiro atoms. The van der Waals surface area contributed by atoms with E-state index in [2.05, 4.69) is 4.98 Å². The molecule has 0 N–H and O–H groups in total. The second-order valence-corrected chi connectivity index (χ2v) is 8.57. The van der Waals surface area contributed by atoms with Crippen molar-refractivity contribution in [2.45, 2.75) is 13.8 Å². The monoisotopic (exact) mass is 439 g/mol. The summed E-state index contributed by atoms with van der Waals surface area (Å²) < 4.78 is 12.3. The van der Waals surface area contributed by atoms with E-state index in [1.807, 2.05) is 24.3 Å². The summed E-state index contributed by atoms with van der Waals surface area (Å²) in [6, 6.07) is 7.84. The summed E-state index contributed by atoms with van der Waals surface area (Å²) in [5, 5.41) is 2.75. The molecule has 0 saturated heterocycles. The number of carbonyl (C=O) groups excluding carboxylic acids is 2. The number of hydrogen-bond donors (Lipinski definition) is 0. The van der Waals surface area contributed by atoms with Crippen LogP contribution in [0.4, 0.5) is 0 Å². The number of benzene rings is 1. The molecule has 0 bridgehead atoms. The van der Waals surface area contributed by atoms with Crippen LogP contribution in [-0.4, -0.2) is 31.1 Å². The van der Waals surface area contributed by atoms with Crippen LogP contribution in [0.15, 0.2) is 34.4 Å². The molecular formula is C22H17NO5S2. The Labute approximate surface area is 179 Å². The predicted octanol–water partition coefficient (Wildman–Crippen LogP) is 4.73. The van der Waals surface area contributed by atoms with Crippen molar-refractivity contribution in [1.29, 1.82) is 0 Å². The molecule has 6 nitrogen and oxygen atoms in total. The highest BCUT2D eigenvalue weighted by atomic mass is 32.1. The number of pyridine rings is 1. The highest BCUT2D eigenvalue weighted by molar-refractivity contribution is 7.31. The van der Waals surface area contributed by atoms with Gasteiger partial charge in [-0.25, -0.2) is 9.59 Å². The molecule has 30 heavy (non-hydrogen) atoms. The van der Waals surface area contributed by atoms with Crippen molar-refractivity contribution in [2.75, 3.05) is 14.2 Å². The van der Waals surface area contributed by atoms with E-state index in [1.54, 1.807) is 19.2 Å². The third-order valence-electron chi connectivity index (χ3n) is 4.96. The summed E-state index contributed by atoms with van der Waals surface area (Å²) >= 11 is 2.85. The van der Waals surface area contributed by atoms with E-state index < -0.39 is 11.9 Å². The number of rotatable bonds is 3. The van der Waals surface area contributed by atoms with Gasteiger partial charge >= 0.3 is 11.9 Å². The van der Waals surface area contributed by atoms with E-state index >= 15 is 0 Å². The fourth-order valence-electron chi connectivity index (χ4n) is 3.55. The first-order chi connectivity index (χ1) is 14.4. The smallest absolute Gasteiger partial charge is 0.340 e. The van der Waals surface area contributed by atoms with Gasteiger partial charge in [-0.2, -0.15) is 0 Å². The van der Waals surface area contributed by atoms with Crippen molar-refractivity contribution in [3.63, 3.8) is 0 Å². The second kappa shape index (κ2) is 7.62. The number of methoxy groups -OCH3 is 2. The number of carbonyl (C=O) groups is 2. The third kappa shape index (κ3) is 3.00. The lowest BCUT2D eigenvalue weighted by Gasteiger charge is -2.15. The fraction of sp³-hybridized carbons (Fsp3) is 0.182. The van der Waals surface area contributed by atoms with Crippen molar-refractivity contribution >= 4 is 54.1 Å². The van der Waals surface area contributed by atoms with Gasteiger partial charge in [0.05, 0.1) is 51.7 Å². The average molecular weight is 440 g/mol. The van der Waals surface area contributed by atoms with Crippen LogP contribution < -0.4 is 5.43 Å². The SMILES string of the molecule is COC(=O)c1c(C)nc(-c2csc3c(sc4ccccc43)c2=O)c(C(=O)OC)c1C. The molecule has 4 rings (SSSR count). The molecule has 0 saturated carbocycles. The standard InChI is InChI=1S/C22H17NO5S2/c1-10-15(21(25)27-3)11(2)23-17(16(10)22(26)28-4)13-9-29-19-12-7-5-6-8-14(12)30-20(19)18(13)24/h5-9H,1-4H3. The summed E-state index contributed by atoms with van der Waals surface area (Å²) in [6.45, 7) is 3.28. The number of nitrogens with zero attached hydrogens (tertiary/aromatic N) is 1. The topological polar surface area (TPSA) is 82.6 Å². The molecule has 0 atom stereocenters. The van der Waals surface area contributed by atoms with Gasteiger partial charge in [0.2, 0.25) is 5.43 Å². The Morgan fingerprint density at radius 1 is 0.967 bits per heavy atom. The first kappa shape index (κ1) is 20.2. The molecule has 3 heterocycles. The van der Waals surface area contributed by atoms with Crippen LogP contribution in [0.25, 0.3) is 30.7 Å². The van der Waals surface area contributed by atoms with Gasteiger partial charge in [-0.15, -0.1) is 22.7 Å². The molecule has 0 amide bonds. The highest BCUT2D eigenvalue weighted by Crippen LogP contribution is 2.37. The van der Waals surface area contributed by atoms with Gasteiger partial charge in [0.25, 0.3) is 0 Å². The summed E-state index contributed by atoms with van der Waals surface area (Å²) in [5.74, 6) is -1.26. The zero-order chi connectivity index (χ0) is 21.6. The molecule has 0 fully saturated rings. The Balaban J connectivity index is 2.07. The fourth-order valence-corrected chi connectivity index (χ4v) is 5.89. The number of aromatic nitrogens is 1. The summed E-state index contributed by atoms with van der Waals surface area (Å²) in [6.07, 6.45) is 0. The Bertz CT molecular complexity index is 1400. The Hall–Kier alpha value is -3.10. The first-order valence-corrected chi connectivity index (χ1v) is 10.7. The largest absolute Gasteiger partial charge is 0.465 e. The van der Waals surface area contributed by atoms with Gasteiger partial charge < -0.3 is 9.47 Å². The lowest BCUT2D eigenvalue weighted by molar-refractivity contribution is 0.0596. The van der Waals surface area contributed by atoms with E-state index in [1.165, 1.54) is 36.9 Å². The molecule has 4 aromatic rings. The average Bonchev–Trinajstić information content (AvgIpc) is 3.12. The number of hydrogen-bond acceptors (Lipinski definition) is 8. The molecule has 0 unspecified atom stereocenters. The highest BCUT2D eigenvalue weighted by Gasteiger charge is 2.27. The van der Waals surface area contributed by atoms with Crippen molar-refractivity contribution < 1.29 is 19.1 Å². The molecule has 0 aliphatic carbocycles. The van der Waals surface area contributed by atoms with Gasteiger partial charge in [0.15, 0.2) is 0 Å². The summed E-state index contributed by atoms with van der Waals surface area (Å²) in [7, 11) is 2.51. The third-order valence-corrected chi connectivity index (χ3v) is 7.27. The van der Waals surface area contributed by atoms with Crippen LogP contribution in [0, 0.1) is 13.8 Å². The maximum Gasteiger partial charge on any atom is 0.340 e. The summed E-state index contributed by atoms with van der Waals surface area (Å²) in [4.78, 5) is 42.7. The first-order valence-electron chi connectivity index (χ1n) is 9.00. The number of thiophene rings is 1. The molecule has 3 aromatic heterocycles. The minimum Gasteiger partial charge on any atom is -0.465 e. The van der Waals surface area contributed by atoms with Crippen molar-refractivity contribution in [2.24, 2.45) is 0 Å². The Kier molecular flexibility index (Phi) is 5.13. The van der Waals surface area contributed by atoms with Gasteiger partial charge in [-0.05, 0) is 25.5 Å². The lowest BCUT2D eigenvalue weighted by Crippen LogP contribution is -2.17. The summed E-state index contributed by atoms with van der Waals surface area (Å²) in [5.41, 5.74) is 1.35. The van der Waals surface area contributed by atoms with Gasteiger partial charge in [0, 0.05) is 15.5 Å². The molecule has 1 aromatic carbocycles. The minimum atomic E-state index is -0.666. The number of fused-ring (bicyclic) bond motifs is 3. The van der Waals surface area contributed by atoms with E-state index in [0.29, 0.717) is 21.5 Å². The van der Waals surface area contributed by atoms with E-state index in [4.69, 9.17) is 9.47 Å². The van der Waals surface area contributed by atoms with Crippen molar-refractivity contribution in [3.8, 4) is 11.3 Å². The molecular weight excluding hydrogens is 422 g/mol. The van der Waals surface area contributed by atoms with E-state index in [9.17, 15) is 14.4 Å². The predicted molar refractivity (Wildman–Crippen MR) is 119 cm³/mol. The van der Waals surface area contributed by atoms with Crippen LogP contribution in [0.3, 0.4) is 0 Å². The zero-order valence-corrected chi connectivity index (χ0v) is 18.3. The number of aryl methyl sites for hydroxylation is 1. The maximum atomic E-state index is 13.4. The van der Waals surface area contributed by atoms with Crippen molar-refractivity contribution in [1.82, 2.24) is 4.98 Å². The van der Waals surface area contributed by atoms with Crippen LogP contribution in [0.2, 0.25) is 0 Å². The lowest BCUT2D eigenvalue weighted by atomic mass is 9.97. The molecule has 8 heteroatoms. The number of ether oxygens (including phenoxy) is 2. The van der Waals surface area contributed by atoms with Gasteiger partial charge in [-0.3, -0.25) is 9.78 Å². The van der Waals surface area contributed by atoms with E-state index in [0.717, 1.165) is 14.8 Å². The van der Waals surface area contributed by atoms with Crippen molar-refractivity contribution in [3.05, 3.63) is 62.3 Å². The molecule has 0 radical (unpaired) electrons. The van der Waals surface area contributed by atoms with Gasteiger partial charge in [-0.1, -0.05) is 18.2 Å². The van der Waals surface area contributed by atoms with Crippen LogP contribution in [0.1, 0.15) is 32.0 Å². The molecule has 0 aliphatic heterocycles. The quantitative estimate of drug-likeness (QED) is 0.429. The van der Waals surface area contributed by atoms with Crippen LogP contribution in [0.5, 0.6) is 0 Å². The second-order valence-electron chi connectivity index (χ2n) is 6.64. The van der Waals surface area contributed by atoms with Crippen LogP contribution >= 0.6 is 22.7 Å². The van der Waals surface area contributed by atoms with Gasteiger partial charge in [0.1, 0.15) is 0 Å². The Morgan fingerprint density at radius 3 is 2.33 bits per heavy atom. The molecule has 152 valence electrons.